The van der Waals surface area contributed by atoms with E-state index < -0.39 is 0 Å². The smallest absolute Gasteiger partial charge is 0.254 e. The van der Waals surface area contributed by atoms with Gasteiger partial charge in [-0.05, 0) is 30.7 Å². The van der Waals surface area contributed by atoms with Crippen LogP contribution in [0.2, 0.25) is 5.02 Å². The zero-order valence-corrected chi connectivity index (χ0v) is 12.8. The summed E-state index contributed by atoms with van der Waals surface area (Å²) < 4.78 is 4.64. The number of amides is 2. The maximum Gasteiger partial charge on any atom is 0.254 e. The van der Waals surface area contributed by atoms with Crippen molar-refractivity contribution in [3.05, 3.63) is 47.2 Å². The Morgan fingerprint density at radius 3 is 2.59 bits per heavy atom. The Balaban J connectivity index is 2.03. The first-order chi connectivity index (χ1) is 10.6. The van der Waals surface area contributed by atoms with E-state index in [9.17, 15) is 9.59 Å². The fourth-order valence-electron chi connectivity index (χ4n) is 1.93. The van der Waals surface area contributed by atoms with E-state index in [4.69, 9.17) is 11.6 Å². The summed E-state index contributed by atoms with van der Waals surface area (Å²) in [6.07, 6.45) is 2.11. The number of carbonyl (C=O) groups is 2. The van der Waals surface area contributed by atoms with Crippen LogP contribution in [0.25, 0.3) is 0 Å². The van der Waals surface area contributed by atoms with Gasteiger partial charge in [-0.15, -0.1) is 0 Å². The maximum atomic E-state index is 12.5. The molecule has 2 aromatic rings. The lowest BCUT2D eigenvalue weighted by atomic mass is 10.2. The second kappa shape index (κ2) is 7.61. The van der Waals surface area contributed by atoms with Crippen LogP contribution in [-0.4, -0.2) is 35.0 Å². The van der Waals surface area contributed by atoms with Crippen LogP contribution < -0.4 is 5.32 Å². The molecule has 0 aliphatic carbocycles. The number of carbonyl (C=O) groups excluding carboxylic acids is 2. The van der Waals surface area contributed by atoms with Gasteiger partial charge in [-0.25, -0.2) is 0 Å². The zero-order valence-electron chi connectivity index (χ0n) is 12.1. The average Bonchev–Trinajstić information content (AvgIpc) is 2.99. The van der Waals surface area contributed by atoms with Gasteiger partial charge in [-0.1, -0.05) is 23.7 Å². The van der Waals surface area contributed by atoms with Gasteiger partial charge < -0.3 is 14.7 Å². The number of hydrogen-bond acceptors (Lipinski definition) is 4. The topological polar surface area (TPSA) is 75.4 Å². The minimum Gasteiger partial charge on any atom is -0.363 e. The first-order valence-corrected chi connectivity index (χ1v) is 7.23. The van der Waals surface area contributed by atoms with Gasteiger partial charge in [0.15, 0.2) is 5.82 Å². The molecule has 7 heteroatoms. The SMILES string of the molecule is CCCN(CC(=O)Nc1ccon1)C(=O)c1ccc(Cl)cc1. The molecule has 116 valence electrons. The van der Waals surface area contributed by atoms with E-state index in [0.29, 0.717) is 22.9 Å². The molecule has 22 heavy (non-hydrogen) atoms. The monoisotopic (exact) mass is 321 g/mol. The molecule has 1 heterocycles. The van der Waals surface area contributed by atoms with Crippen LogP contribution in [0.15, 0.2) is 41.1 Å². The van der Waals surface area contributed by atoms with Gasteiger partial charge in [0.2, 0.25) is 5.91 Å². The summed E-state index contributed by atoms with van der Waals surface area (Å²) in [5.41, 5.74) is 0.493. The fraction of sp³-hybridized carbons (Fsp3) is 0.267. The Kier molecular flexibility index (Phi) is 5.55. The molecule has 0 fully saturated rings. The van der Waals surface area contributed by atoms with E-state index in [1.807, 2.05) is 6.92 Å². The molecule has 0 saturated carbocycles. The normalized spacial score (nSPS) is 10.3. The molecule has 0 spiro atoms. The lowest BCUT2D eigenvalue weighted by molar-refractivity contribution is -0.116. The van der Waals surface area contributed by atoms with Crippen molar-refractivity contribution < 1.29 is 14.1 Å². The van der Waals surface area contributed by atoms with Crippen molar-refractivity contribution in [1.29, 1.82) is 0 Å². The van der Waals surface area contributed by atoms with E-state index in [1.54, 1.807) is 24.3 Å². The van der Waals surface area contributed by atoms with Crippen molar-refractivity contribution in [2.75, 3.05) is 18.4 Å². The van der Waals surface area contributed by atoms with E-state index in [0.717, 1.165) is 6.42 Å². The van der Waals surface area contributed by atoms with Crippen LogP contribution in [-0.2, 0) is 4.79 Å². The summed E-state index contributed by atoms with van der Waals surface area (Å²) in [5.74, 6) is -0.223. The van der Waals surface area contributed by atoms with E-state index >= 15 is 0 Å². The Morgan fingerprint density at radius 2 is 2.00 bits per heavy atom. The number of rotatable bonds is 6. The number of nitrogens with zero attached hydrogens (tertiary/aromatic N) is 2. The summed E-state index contributed by atoms with van der Waals surface area (Å²) in [6, 6.07) is 8.11. The molecule has 0 bridgehead atoms. The second-order valence-corrected chi connectivity index (χ2v) is 5.10. The molecule has 2 amide bonds. The van der Waals surface area contributed by atoms with Crippen molar-refractivity contribution in [3.8, 4) is 0 Å². The van der Waals surface area contributed by atoms with Gasteiger partial charge in [0.05, 0.1) is 0 Å². The van der Waals surface area contributed by atoms with Crippen molar-refractivity contribution in [3.63, 3.8) is 0 Å². The molecule has 6 nitrogen and oxygen atoms in total. The Bertz CT molecular complexity index is 626. The number of anilines is 1. The van der Waals surface area contributed by atoms with E-state index in [1.165, 1.54) is 17.2 Å². The highest BCUT2D eigenvalue weighted by atomic mass is 35.5. The van der Waals surface area contributed by atoms with E-state index in [-0.39, 0.29) is 18.4 Å². The maximum absolute atomic E-state index is 12.5. The molecule has 0 aliphatic rings. The second-order valence-electron chi connectivity index (χ2n) is 4.67. The number of halogens is 1. The molecule has 0 radical (unpaired) electrons. The van der Waals surface area contributed by atoms with Crippen molar-refractivity contribution in [1.82, 2.24) is 10.1 Å². The first-order valence-electron chi connectivity index (χ1n) is 6.85. The van der Waals surface area contributed by atoms with E-state index in [2.05, 4.69) is 15.0 Å². The third-order valence-electron chi connectivity index (χ3n) is 2.91. The zero-order chi connectivity index (χ0) is 15.9. The molecule has 2 rings (SSSR count). The average molecular weight is 322 g/mol. The van der Waals surface area contributed by atoms with Gasteiger partial charge in [-0.2, -0.15) is 0 Å². The molecule has 0 aliphatic heterocycles. The van der Waals surface area contributed by atoms with Crippen molar-refractivity contribution in [2.24, 2.45) is 0 Å². The lowest BCUT2D eigenvalue weighted by Crippen LogP contribution is -2.38. The predicted octanol–water partition coefficient (Wildman–Crippen LogP) is 2.82. The van der Waals surface area contributed by atoms with Crippen LogP contribution in [0.1, 0.15) is 23.7 Å². The Morgan fingerprint density at radius 1 is 1.27 bits per heavy atom. The van der Waals surface area contributed by atoms with Crippen LogP contribution >= 0.6 is 11.6 Å². The summed E-state index contributed by atoms with van der Waals surface area (Å²) in [4.78, 5) is 25.9. The standard InChI is InChI=1S/C15H16ClN3O3/c1-2-8-19(10-14(20)17-13-7-9-22-18-13)15(21)11-3-5-12(16)6-4-11/h3-7,9H,2,8,10H2,1H3,(H,17,18,20). The minimum atomic E-state index is -0.329. The summed E-state index contributed by atoms with van der Waals surface area (Å²) in [7, 11) is 0. The summed E-state index contributed by atoms with van der Waals surface area (Å²) in [5, 5.41) is 6.72. The lowest BCUT2D eigenvalue weighted by Gasteiger charge is -2.21. The molecular formula is C15H16ClN3O3. The number of hydrogen-bond donors (Lipinski definition) is 1. The van der Waals surface area contributed by atoms with Crippen LogP contribution in [0, 0.1) is 0 Å². The Hall–Kier alpha value is -2.34. The highest BCUT2D eigenvalue weighted by molar-refractivity contribution is 6.30. The van der Waals surface area contributed by atoms with Crippen LogP contribution in [0.3, 0.4) is 0 Å². The van der Waals surface area contributed by atoms with Gasteiger partial charge in [-0.3, -0.25) is 9.59 Å². The van der Waals surface area contributed by atoms with Gasteiger partial charge in [0, 0.05) is 23.2 Å². The first kappa shape index (κ1) is 16.0. The molecule has 1 aromatic heterocycles. The largest absolute Gasteiger partial charge is 0.363 e. The molecule has 0 unspecified atom stereocenters. The quantitative estimate of drug-likeness (QED) is 0.887. The third kappa shape index (κ3) is 4.33. The van der Waals surface area contributed by atoms with Crippen LogP contribution in [0.4, 0.5) is 5.82 Å². The number of aromatic nitrogens is 1. The third-order valence-corrected chi connectivity index (χ3v) is 3.16. The fourth-order valence-corrected chi connectivity index (χ4v) is 2.06. The Labute approximate surface area is 133 Å². The van der Waals surface area contributed by atoms with Gasteiger partial charge in [0.1, 0.15) is 12.8 Å². The number of benzene rings is 1. The molecule has 1 aromatic carbocycles. The van der Waals surface area contributed by atoms with Crippen LogP contribution in [0.5, 0.6) is 0 Å². The molecule has 0 saturated heterocycles. The minimum absolute atomic E-state index is 0.0534. The molecular weight excluding hydrogens is 306 g/mol. The summed E-state index contributed by atoms with van der Waals surface area (Å²) >= 11 is 5.82. The molecule has 1 N–H and O–H groups in total. The highest BCUT2D eigenvalue weighted by Crippen LogP contribution is 2.12. The molecule has 0 atom stereocenters. The number of nitrogens with one attached hydrogen (secondary N) is 1. The summed E-state index contributed by atoms with van der Waals surface area (Å²) in [6.45, 7) is 2.37. The van der Waals surface area contributed by atoms with Gasteiger partial charge >= 0.3 is 0 Å². The predicted molar refractivity (Wildman–Crippen MR) is 82.8 cm³/mol. The highest BCUT2D eigenvalue weighted by Gasteiger charge is 2.18. The van der Waals surface area contributed by atoms with Crippen molar-refractivity contribution >= 4 is 29.2 Å². The van der Waals surface area contributed by atoms with Gasteiger partial charge in [0.25, 0.3) is 5.91 Å². The van der Waals surface area contributed by atoms with Crippen molar-refractivity contribution in [2.45, 2.75) is 13.3 Å².